The summed E-state index contributed by atoms with van der Waals surface area (Å²) in [6, 6.07) is 6.15. The first-order valence-electron chi connectivity index (χ1n) is 6.12. The van der Waals surface area contributed by atoms with E-state index in [9.17, 15) is 9.18 Å². The molecule has 1 fully saturated rings. The van der Waals surface area contributed by atoms with Gasteiger partial charge in [0.2, 0.25) is 5.91 Å². The molecule has 1 saturated heterocycles. The second-order valence-corrected chi connectivity index (χ2v) is 5.34. The van der Waals surface area contributed by atoms with Gasteiger partial charge in [0.25, 0.3) is 0 Å². The fourth-order valence-electron chi connectivity index (χ4n) is 1.78. The number of hydrogen-bond acceptors (Lipinski definition) is 4. The van der Waals surface area contributed by atoms with Crippen molar-refractivity contribution in [1.82, 2.24) is 10.2 Å². The van der Waals surface area contributed by atoms with Crippen molar-refractivity contribution in [3.8, 4) is 5.75 Å². The number of amides is 1. The third-order valence-corrected chi connectivity index (χ3v) is 3.85. The van der Waals surface area contributed by atoms with Crippen LogP contribution in [0.25, 0.3) is 0 Å². The molecule has 1 N–H and O–H groups in total. The summed E-state index contributed by atoms with van der Waals surface area (Å²) < 4.78 is 18.6. The second-order valence-electron chi connectivity index (χ2n) is 4.31. The highest BCUT2D eigenvalue weighted by molar-refractivity contribution is 7.99. The standard InChI is InChI=1S/C13H17FN2O2S/c1-16(13(17)11-8-19-9-15-11)6-7-18-12-5-3-2-4-10(12)14/h2-5,11,15H,6-9H2,1H3/t11-/m0/s1. The van der Waals surface area contributed by atoms with E-state index in [1.165, 1.54) is 6.07 Å². The maximum atomic E-state index is 13.3. The van der Waals surface area contributed by atoms with Crippen molar-refractivity contribution in [3.63, 3.8) is 0 Å². The summed E-state index contributed by atoms with van der Waals surface area (Å²) in [5.74, 6) is 1.51. The third kappa shape index (κ3) is 3.84. The number of carbonyl (C=O) groups excluding carboxylic acids is 1. The van der Waals surface area contributed by atoms with Crippen LogP contribution < -0.4 is 10.1 Å². The fourth-order valence-corrected chi connectivity index (χ4v) is 2.72. The lowest BCUT2D eigenvalue weighted by Crippen LogP contribution is -2.44. The molecule has 1 heterocycles. The molecule has 1 amide bonds. The zero-order chi connectivity index (χ0) is 13.7. The van der Waals surface area contributed by atoms with Crippen molar-refractivity contribution in [1.29, 1.82) is 0 Å². The molecule has 19 heavy (non-hydrogen) atoms. The number of benzene rings is 1. The van der Waals surface area contributed by atoms with Gasteiger partial charge in [0.05, 0.1) is 12.6 Å². The molecule has 1 aromatic rings. The number of likely N-dealkylation sites (N-methyl/N-ethyl adjacent to an activating group) is 1. The molecule has 1 aliphatic heterocycles. The van der Waals surface area contributed by atoms with Crippen LogP contribution >= 0.6 is 11.8 Å². The number of nitrogens with one attached hydrogen (secondary N) is 1. The smallest absolute Gasteiger partial charge is 0.240 e. The van der Waals surface area contributed by atoms with E-state index in [0.29, 0.717) is 6.54 Å². The molecule has 0 aromatic heterocycles. The highest BCUT2D eigenvalue weighted by Gasteiger charge is 2.25. The molecule has 0 radical (unpaired) electrons. The maximum absolute atomic E-state index is 13.3. The van der Waals surface area contributed by atoms with E-state index in [0.717, 1.165) is 11.6 Å². The van der Waals surface area contributed by atoms with Crippen molar-refractivity contribution in [2.75, 3.05) is 31.8 Å². The first kappa shape index (κ1) is 14.1. The number of thioether (sulfide) groups is 1. The Balaban J connectivity index is 1.76. The zero-order valence-electron chi connectivity index (χ0n) is 10.8. The summed E-state index contributed by atoms with van der Waals surface area (Å²) in [7, 11) is 1.73. The Labute approximate surface area is 116 Å². The van der Waals surface area contributed by atoms with E-state index >= 15 is 0 Å². The van der Waals surface area contributed by atoms with Crippen molar-refractivity contribution in [2.24, 2.45) is 0 Å². The molecule has 4 nitrogen and oxygen atoms in total. The Hall–Kier alpha value is -1.27. The molecule has 1 aliphatic rings. The van der Waals surface area contributed by atoms with Gasteiger partial charge in [0, 0.05) is 18.7 Å². The summed E-state index contributed by atoms with van der Waals surface area (Å²) in [5, 5.41) is 3.13. The summed E-state index contributed by atoms with van der Waals surface area (Å²) >= 11 is 1.71. The number of nitrogens with zero attached hydrogens (tertiary/aromatic N) is 1. The molecule has 6 heteroatoms. The molecule has 1 aromatic carbocycles. The molecule has 0 spiro atoms. The van der Waals surface area contributed by atoms with Gasteiger partial charge in [-0.05, 0) is 12.1 Å². The number of carbonyl (C=O) groups is 1. The molecule has 0 saturated carbocycles. The minimum Gasteiger partial charge on any atom is -0.489 e. The highest BCUT2D eigenvalue weighted by atomic mass is 32.2. The lowest BCUT2D eigenvalue weighted by atomic mass is 10.3. The van der Waals surface area contributed by atoms with E-state index in [1.807, 2.05) is 0 Å². The van der Waals surface area contributed by atoms with Crippen LogP contribution in [0.3, 0.4) is 0 Å². The molecular formula is C13H17FN2O2S. The van der Waals surface area contributed by atoms with Crippen molar-refractivity contribution >= 4 is 17.7 Å². The van der Waals surface area contributed by atoms with E-state index in [2.05, 4.69) is 5.32 Å². The van der Waals surface area contributed by atoms with Gasteiger partial charge in [0.1, 0.15) is 6.61 Å². The summed E-state index contributed by atoms with van der Waals surface area (Å²) in [5.41, 5.74) is 0. The van der Waals surface area contributed by atoms with E-state index in [4.69, 9.17) is 4.74 Å². The minimum atomic E-state index is -0.384. The van der Waals surface area contributed by atoms with Crippen LogP contribution in [0.5, 0.6) is 5.75 Å². The summed E-state index contributed by atoms with van der Waals surface area (Å²) in [6.07, 6.45) is 0. The molecule has 2 rings (SSSR count). The predicted molar refractivity (Wildman–Crippen MR) is 73.8 cm³/mol. The van der Waals surface area contributed by atoms with Crippen LogP contribution in [0, 0.1) is 5.82 Å². The van der Waals surface area contributed by atoms with Gasteiger partial charge in [0.15, 0.2) is 11.6 Å². The lowest BCUT2D eigenvalue weighted by molar-refractivity contribution is -0.131. The first-order chi connectivity index (χ1) is 9.18. The Bertz CT molecular complexity index is 438. The average Bonchev–Trinajstić information content (AvgIpc) is 2.94. The first-order valence-corrected chi connectivity index (χ1v) is 7.27. The largest absolute Gasteiger partial charge is 0.489 e. The van der Waals surface area contributed by atoms with Gasteiger partial charge in [-0.1, -0.05) is 12.1 Å². The van der Waals surface area contributed by atoms with Gasteiger partial charge in [-0.3, -0.25) is 10.1 Å². The summed E-state index contributed by atoms with van der Waals surface area (Å²) in [6.45, 7) is 0.721. The van der Waals surface area contributed by atoms with Crippen LogP contribution in [-0.2, 0) is 4.79 Å². The molecule has 0 aliphatic carbocycles. The molecule has 0 unspecified atom stereocenters. The average molecular weight is 284 g/mol. The molecular weight excluding hydrogens is 267 g/mol. The number of ether oxygens (including phenoxy) is 1. The number of para-hydroxylation sites is 1. The second kappa shape index (κ2) is 6.77. The fraction of sp³-hybridized carbons (Fsp3) is 0.462. The van der Waals surface area contributed by atoms with E-state index < -0.39 is 0 Å². The Morgan fingerprint density at radius 2 is 2.37 bits per heavy atom. The van der Waals surface area contributed by atoms with Gasteiger partial charge in [-0.15, -0.1) is 11.8 Å². The van der Waals surface area contributed by atoms with Gasteiger partial charge < -0.3 is 9.64 Å². The monoisotopic (exact) mass is 284 g/mol. The Kier molecular flexibility index (Phi) is 5.04. The normalized spacial score (nSPS) is 18.3. The topological polar surface area (TPSA) is 41.6 Å². The Morgan fingerprint density at radius 1 is 1.58 bits per heavy atom. The van der Waals surface area contributed by atoms with Gasteiger partial charge >= 0.3 is 0 Å². The van der Waals surface area contributed by atoms with E-state index in [1.54, 1.807) is 41.9 Å². The minimum absolute atomic E-state index is 0.0575. The predicted octanol–water partition coefficient (Wildman–Crippen LogP) is 1.33. The third-order valence-electron chi connectivity index (χ3n) is 2.91. The molecule has 0 bridgehead atoms. The van der Waals surface area contributed by atoms with Crippen molar-refractivity contribution in [3.05, 3.63) is 30.1 Å². The quantitative estimate of drug-likeness (QED) is 0.885. The number of rotatable bonds is 5. The maximum Gasteiger partial charge on any atom is 0.240 e. The number of hydrogen-bond donors (Lipinski definition) is 1. The molecule has 104 valence electrons. The van der Waals surface area contributed by atoms with E-state index in [-0.39, 0.29) is 30.1 Å². The van der Waals surface area contributed by atoms with Crippen LogP contribution in [0.4, 0.5) is 4.39 Å². The van der Waals surface area contributed by atoms with Gasteiger partial charge in [-0.2, -0.15) is 0 Å². The molecule has 1 atom stereocenters. The van der Waals surface area contributed by atoms with Crippen LogP contribution in [0.2, 0.25) is 0 Å². The van der Waals surface area contributed by atoms with Crippen LogP contribution in [0.15, 0.2) is 24.3 Å². The van der Waals surface area contributed by atoms with Crippen LogP contribution in [-0.4, -0.2) is 48.7 Å². The van der Waals surface area contributed by atoms with Crippen molar-refractivity contribution < 1.29 is 13.9 Å². The van der Waals surface area contributed by atoms with Gasteiger partial charge in [-0.25, -0.2) is 4.39 Å². The lowest BCUT2D eigenvalue weighted by Gasteiger charge is -2.20. The zero-order valence-corrected chi connectivity index (χ0v) is 11.6. The number of halogens is 1. The van der Waals surface area contributed by atoms with Crippen molar-refractivity contribution in [2.45, 2.75) is 6.04 Å². The Morgan fingerprint density at radius 3 is 3.05 bits per heavy atom. The summed E-state index contributed by atoms with van der Waals surface area (Å²) in [4.78, 5) is 13.6. The van der Waals surface area contributed by atoms with Crippen LogP contribution in [0.1, 0.15) is 0 Å². The SMILES string of the molecule is CN(CCOc1ccccc1F)C(=O)[C@@H]1CSCN1. The highest BCUT2D eigenvalue weighted by Crippen LogP contribution is 2.15.